The molecule has 0 aliphatic carbocycles. The molecule has 0 bridgehead atoms. The van der Waals surface area contributed by atoms with Crippen molar-refractivity contribution in [1.82, 2.24) is 24.8 Å². The number of hydrogen-bond donors (Lipinski definition) is 1. The molecule has 2 aromatic rings. The topological polar surface area (TPSA) is 93.1 Å². The Morgan fingerprint density at radius 2 is 1.85 bits per heavy atom. The van der Waals surface area contributed by atoms with E-state index in [9.17, 15) is 4.79 Å². The third kappa shape index (κ3) is 4.77. The van der Waals surface area contributed by atoms with Gasteiger partial charge in [0.1, 0.15) is 5.82 Å². The highest BCUT2D eigenvalue weighted by Gasteiger charge is 2.32. The summed E-state index contributed by atoms with van der Waals surface area (Å²) in [6.07, 6.45) is 2.19. The molecule has 3 heterocycles. The molecule has 27 heavy (non-hydrogen) atoms. The molecule has 1 amide bonds. The zero-order chi connectivity index (χ0) is 19.4. The summed E-state index contributed by atoms with van der Waals surface area (Å²) >= 11 is 0. The van der Waals surface area contributed by atoms with Crippen LogP contribution in [0.2, 0.25) is 0 Å². The number of carbonyl (C=O) groups excluding carboxylic acids is 1. The number of anilines is 2. The Balaban J connectivity index is 1.83. The van der Waals surface area contributed by atoms with Crippen molar-refractivity contribution in [2.75, 3.05) is 25.6 Å². The monoisotopic (exact) mass is 370 g/mol. The minimum atomic E-state index is -0.102. The van der Waals surface area contributed by atoms with Crippen molar-refractivity contribution in [2.24, 2.45) is 0 Å². The van der Waals surface area contributed by atoms with Crippen molar-refractivity contribution in [3.8, 4) is 0 Å². The summed E-state index contributed by atoms with van der Waals surface area (Å²) in [4.78, 5) is 32.4. The SMILES string of the molecule is COCCC(=O)N1CCCC1c1nc(C)cc(Nc2nc(C)cc(C)n2)n1. The van der Waals surface area contributed by atoms with E-state index in [1.54, 1.807) is 7.11 Å². The van der Waals surface area contributed by atoms with Gasteiger partial charge in [0, 0.05) is 36.8 Å². The number of aromatic nitrogens is 4. The maximum absolute atomic E-state index is 12.5. The van der Waals surface area contributed by atoms with Crippen LogP contribution >= 0.6 is 0 Å². The molecule has 1 saturated heterocycles. The van der Waals surface area contributed by atoms with Crippen LogP contribution in [0.1, 0.15) is 48.2 Å². The van der Waals surface area contributed by atoms with Crippen LogP contribution < -0.4 is 5.32 Å². The fourth-order valence-electron chi connectivity index (χ4n) is 3.37. The predicted octanol–water partition coefficient (Wildman–Crippen LogP) is 2.64. The van der Waals surface area contributed by atoms with Crippen LogP contribution in [-0.2, 0) is 9.53 Å². The smallest absolute Gasteiger partial charge is 0.228 e. The summed E-state index contributed by atoms with van der Waals surface area (Å²) in [5.41, 5.74) is 2.62. The van der Waals surface area contributed by atoms with Gasteiger partial charge in [0.05, 0.1) is 19.1 Å². The van der Waals surface area contributed by atoms with E-state index < -0.39 is 0 Å². The number of nitrogens with zero attached hydrogens (tertiary/aromatic N) is 5. The highest BCUT2D eigenvalue weighted by Crippen LogP contribution is 2.31. The molecule has 3 rings (SSSR count). The van der Waals surface area contributed by atoms with E-state index in [1.165, 1.54) is 0 Å². The largest absolute Gasteiger partial charge is 0.384 e. The fraction of sp³-hybridized carbons (Fsp3) is 0.526. The van der Waals surface area contributed by atoms with Crippen molar-refractivity contribution >= 4 is 17.7 Å². The normalized spacial score (nSPS) is 16.6. The number of rotatable bonds is 6. The van der Waals surface area contributed by atoms with Crippen molar-refractivity contribution in [3.05, 3.63) is 35.0 Å². The van der Waals surface area contributed by atoms with E-state index in [2.05, 4.69) is 25.3 Å². The molecule has 144 valence electrons. The number of nitrogens with one attached hydrogen (secondary N) is 1. The zero-order valence-electron chi connectivity index (χ0n) is 16.3. The number of aryl methyl sites for hydroxylation is 3. The summed E-state index contributed by atoms with van der Waals surface area (Å²) in [6, 6.07) is 3.68. The molecular weight excluding hydrogens is 344 g/mol. The second kappa shape index (κ2) is 8.39. The number of hydrogen-bond acceptors (Lipinski definition) is 7. The number of ether oxygens (including phenoxy) is 1. The molecule has 0 saturated carbocycles. The average Bonchev–Trinajstić information content (AvgIpc) is 3.08. The Labute approximate surface area is 159 Å². The lowest BCUT2D eigenvalue weighted by atomic mass is 10.2. The van der Waals surface area contributed by atoms with Crippen LogP contribution in [0.5, 0.6) is 0 Å². The van der Waals surface area contributed by atoms with Gasteiger partial charge in [-0.2, -0.15) is 0 Å². The summed E-state index contributed by atoms with van der Waals surface area (Å²) in [6.45, 7) is 6.93. The summed E-state index contributed by atoms with van der Waals surface area (Å²) in [5.74, 6) is 1.89. The van der Waals surface area contributed by atoms with Crippen LogP contribution in [-0.4, -0.2) is 51.0 Å². The maximum atomic E-state index is 12.5. The van der Waals surface area contributed by atoms with E-state index in [-0.39, 0.29) is 11.9 Å². The second-order valence-electron chi connectivity index (χ2n) is 6.84. The van der Waals surface area contributed by atoms with Crippen molar-refractivity contribution in [2.45, 2.75) is 46.1 Å². The summed E-state index contributed by atoms with van der Waals surface area (Å²) in [7, 11) is 1.60. The Kier molecular flexibility index (Phi) is 5.95. The molecule has 8 nitrogen and oxygen atoms in total. The molecule has 0 spiro atoms. The quantitative estimate of drug-likeness (QED) is 0.835. The van der Waals surface area contributed by atoms with Crippen LogP contribution in [0.4, 0.5) is 11.8 Å². The molecule has 0 radical (unpaired) electrons. The van der Waals surface area contributed by atoms with Gasteiger partial charge in [-0.05, 0) is 39.7 Å². The third-order valence-electron chi connectivity index (χ3n) is 4.48. The highest BCUT2D eigenvalue weighted by molar-refractivity contribution is 5.77. The minimum Gasteiger partial charge on any atom is -0.384 e. The lowest BCUT2D eigenvalue weighted by Gasteiger charge is -2.24. The van der Waals surface area contributed by atoms with Gasteiger partial charge in [-0.15, -0.1) is 0 Å². The molecule has 1 fully saturated rings. The van der Waals surface area contributed by atoms with Crippen LogP contribution in [0, 0.1) is 20.8 Å². The van der Waals surface area contributed by atoms with Crippen LogP contribution in [0.25, 0.3) is 0 Å². The minimum absolute atomic E-state index is 0.0802. The first-order valence-corrected chi connectivity index (χ1v) is 9.19. The molecule has 8 heteroatoms. The Bertz CT molecular complexity index is 806. The van der Waals surface area contributed by atoms with Gasteiger partial charge < -0.3 is 15.0 Å². The van der Waals surface area contributed by atoms with Gasteiger partial charge in [0.2, 0.25) is 11.9 Å². The van der Waals surface area contributed by atoms with Gasteiger partial charge in [-0.3, -0.25) is 4.79 Å². The first-order chi connectivity index (χ1) is 13.0. The van der Waals surface area contributed by atoms with E-state index in [1.807, 2.05) is 37.8 Å². The standard InChI is InChI=1S/C19H26N6O2/c1-12-10-13(2)22-19(21-12)24-16-11-14(3)20-18(23-16)15-6-5-8-25(15)17(26)7-9-27-4/h10-11,15H,5-9H2,1-4H3,(H,20,21,22,23,24). The van der Waals surface area contributed by atoms with E-state index >= 15 is 0 Å². The fourth-order valence-corrected chi connectivity index (χ4v) is 3.37. The lowest BCUT2D eigenvalue weighted by molar-refractivity contribution is -0.133. The molecule has 1 N–H and O–H groups in total. The Morgan fingerprint density at radius 1 is 1.15 bits per heavy atom. The lowest BCUT2D eigenvalue weighted by Crippen LogP contribution is -2.32. The number of carbonyl (C=O) groups is 1. The van der Waals surface area contributed by atoms with E-state index in [4.69, 9.17) is 4.74 Å². The van der Waals surface area contributed by atoms with E-state index in [0.717, 1.165) is 36.5 Å². The molecule has 1 unspecified atom stereocenters. The number of amides is 1. The van der Waals surface area contributed by atoms with E-state index in [0.29, 0.717) is 30.6 Å². The van der Waals surface area contributed by atoms with Crippen molar-refractivity contribution < 1.29 is 9.53 Å². The van der Waals surface area contributed by atoms with Gasteiger partial charge in [0.15, 0.2) is 5.82 Å². The number of likely N-dealkylation sites (tertiary alicyclic amines) is 1. The molecule has 2 aromatic heterocycles. The summed E-state index contributed by atoms with van der Waals surface area (Å²) in [5, 5.41) is 3.17. The predicted molar refractivity (Wildman–Crippen MR) is 102 cm³/mol. The average molecular weight is 370 g/mol. The second-order valence-corrected chi connectivity index (χ2v) is 6.84. The van der Waals surface area contributed by atoms with Gasteiger partial charge in [-0.1, -0.05) is 0 Å². The Hall–Kier alpha value is -2.61. The Morgan fingerprint density at radius 3 is 2.56 bits per heavy atom. The van der Waals surface area contributed by atoms with Gasteiger partial charge >= 0.3 is 0 Å². The van der Waals surface area contributed by atoms with Crippen molar-refractivity contribution in [3.63, 3.8) is 0 Å². The molecule has 1 aliphatic heterocycles. The molecule has 1 aliphatic rings. The van der Waals surface area contributed by atoms with Gasteiger partial charge in [0.25, 0.3) is 0 Å². The first kappa shape index (κ1) is 19.2. The first-order valence-electron chi connectivity index (χ1n) is 9.19. The van der Waals surface area contributed by atoms with Crippen LogP contribution in [0.3, 0.4) is 0 Å². The highest BCUT2D eigenvalue weighted by atomic mass is 16.5. The van der Waals surface area contributed by atoms with Crippen molar-refractivity contribution in [1.29, 1.82) is 0 Å². The maximum Gasteiger partial charge on any atom is 0.228 e. The zero-order valence-corrected chi connectivity index (χ0v) is 16.3. The molecule has 1 atom stereocenters. The summed E-state index contributed by atoms with van der Waals surface area (Å²) < 4.78 is 5.03. The number of methoxy groups -OCH3 is 1. The van der Waals surface area contributed by atoms with Gasteiger partial charge in [-0.25, -0.2) is 19.9 Å². The van der Waals surface area contributed by atoms with Crippen LogP contribution in [0.15, 0.2) is 12.1 Å². The third-order valence-corrected chi connectivity index (χ3v) is 4.48. The molecule has 0 aromatic carbocycles. The molecular formula is C19H26N6O2.